The number of carbonyl (C=O) groups excluding carboxylic acids is 2. The van der Waals surface area contributed by atoms with Crippen molar-refractivity contribution < 1.29 is 19.2 Å². The molecule has 1 spiro atoms. The summed E-state index contributed by atoms with van der Waals surface area (Å²) in [5.74, 6) is -0.265. The van der Waals surface area contributed by atoms with Gasteiger partial charge in [0.1, 0.15) is 12.0 Å². The predicted octanol–water partition coefficient (Wildman–Crippen LogP) is 0.773. The highest BCUT2D eigenvalue weighted by Gasteiger charge is 2.67. The van der Waals surface area contributed by atoms with Crippen LogP contribution in [0.3, 0.4) is 0 Å². The SMILES string of the molecule is CCOC(=O)[C@H]1C[C@@]2(C(=O)Nc3ccc(C)cc32)[NH+]2CCC[C@@H]12. The van der Waals surface area contributed by atoms with Gasteiger partial charge in [-0.25, -0.2) is 0 Å². The van der Waals surface area contributed by atoms with Gasteiger partial charge in [0.2, 0.25) is 5.54 Å². The fourth-order valence-corrected chi connectivity index (χ4v) is 4.94. The third-order valence-corrected chi connectivity index (χ3v) is 5.83. The van der Waals surface area contributed by atoms with Crippen LogP contribution in [0.25, 0.3) is 0 Å². The molecular formula is C18H23N2O3+. The molecule has 122 valence electrons. The molecule has 1 aromatic carbocycles. The first-order valence-electron chi connectivity index (χ1n) is 8.53. The van der Waals surface area contributed by atoms with E-state index >= 15 is 0 Å². The Bertz CT molecular complexity index is 687. The summed E-state index contributed by atoms with van der Waals surface area (Å²) in [7, 11) is 0. The number of hydrogen-bond acceptors (Lipinski definition) is 3. The van der Waals surface area contributed by atoms with Crippen molar-refractivity contribution in [2.24, 2.45) is 5.92 Å². The molecule has 0 saturated carbocycles. The van der Waals surface area contributed by atoms with Crippen molar-refractivity contribution in [3.63, 3.8) is 0 Å². The van der Waals surface area contributed by atoms with Crippen LogP contribution in [0.4, 0.5) is 5.69 Å². The van der Waals surface area contributed by atoms with Gasteiger partial charge in [0.05, 0.1) is 18.8 Å². The van der Waals surface area contributed by atoms with Crippen LogP contribution < -0.4 is 10.2 Å². The van der Waals surface area contributed by atoms with E-state index in [1.807, 2.05) is 26.0 Å². The number of amides is 1. The van der Waals surface area contributed by atoms with E-state index in [1.165, 1.54) is 4.90 Å². The third-order valence-electron chi connectivity index (χ3n) is 5.83. The molecule has 1 aromatic rings. The summed E-state index contributed by atoms with van der Waals surface area (Å²) >= 11 is 0. The Hall–Kier alpha value is -1.88. The van der Waals surface area contributed by atoms with Crippen LogP contribution >= 0.6 is 0 Å². The van der Waals surface area contributed by atoms with Gasteiger partial charge in [0.15, 0.2) is 0 Å². The topological polar surface area (TPSA) is 59.8 Å². The van der Waals surface area contributed by atoms with E-state index in [0.717, 1.165) is 36.2 Å². The molecule has 0 radical (unpaired) electrons. The third kappa shape index (κ3) is 1.89. The molecule has 1 unspecified atom stereocenters. The van der Waals surface area contributed by atoms with Crippen molar-refractivity contribution in [1.29, 1.82) is 0 Å². The number of aryl methyl sites for hydroxylation is 1. The Morgan fingerprint density at radius 3 is 3.09 bits per heavy atom. The molecule has 4 rings (SSSR count). The van der Waals surface area contributed by atoms with Crippen LogP contribution in [-0.4, -0.2) is 31.1 Å². The van der Waals surface area contributed by atoms with Gasteiger partial charge >= 0.3 is 5.97 Å². The molecule has 0 aromatic heterocycles. The zero-order valence-corrected chi connectivity index (χ0v) is 13.6. The first-order chi connectivity index (χ1) is 11.1. The van der Waals surface area contributed by atoms with E-state index in [4.69, 9.17) is 4.74 Å². The van der Waals surface area contributed by atoms with Gasteiger partial charge in [-0.1, -0.05) is 11.6 Å². The summed E-state index contributed by atoms with van der Waals surface area (Å²) < 4.78 is 5.30. The largest absolute Gasteiger partial charge is 0.466 e. The van der Waals surface area contributed by atoms with Crippen LogP contribution in [0, 0.1) is 12.8 Å². The fourth-order valence-electron chi connectivity index (χ4n) is 4.94. The number of quaternary nitrogens is 1. The van der Waals surface area contributed by atoms with Crippen LogP contribution in [-0.2, 0) is 19.9 Å². The molecule has 0 aliphatic carbocycles. The molecule has 23 heavy (non-hydrogen) atoms. The Labute approximate surface area is 136 Å². The first kappa shape index (κ1) is 14.7. The van der Waals surface area contributed by atoms with Gasteiger partial charge in [-0.05, 0) is 26.0 Å². The average Bonchev–Trinajstić information content (AvgIpc) is 3.16. The zero-order valence-electron chi connectivity index (χ0n) is 13.6. The second-order valence-corrected chi connectivity index (χ2v) is 7.00. The quantitative estimate of drug-likeness (QED) is 0.793. The monoisotopic (exact) mass is 315 g/mol. The van der Waals surface area contributed by atoms with Crippen molar-refractivity contribution in [1.82, 2.24) is 0 Å². The highest BCUT2D eigenvalue weighted by molar-refractivity contribution is 6.05. The molecule has 2 saturated heterocycles. The fraction of sp³-hybridized carbons (Fsp3) is 0.556. The second kappa shape index (κ2) is 5.06. The van der Waals surface area contributed by atoms with Crippen molar-refractivity contribution in [2.75, 3.05) is 18.5 Å². The normalized spacial score (nSPS) is 34.3. The van der Waals surface area contributed by atoms with Gasteiger partial charge in [-0.2, -0.15) is 0 Å². The van der Waals surface area contributed by atoms with E-state index < -0.39 is 5.54 Å². The number of nitrogens with one attached hydrogen (secondary N) is 2. The average molecular weight is 315 g/mol. The van der Waals surface area contributed by atoms with Crippen molar-refractivity contribution in [3.05, 3.63) is 29.3 Å². The van der Waals surface area contributed by atoms with Gasteiger partial charge < -0.3 is 15.0 Å². The highest BCUT2D eigenvalue weighted by atomic mass is 16.5. The molecule has 5 heteroatoms. The van der Waals surface area contributed by atoms with Gasteiger partial charge in [-0.3, -0.25) is 9.59 Å². The number of carbonyl (C=O) groups is 2. The number of benzene rings is 1. The van der Waals surface area contributed by atoms with Crippen LogP contribution in [0.15, 0.2) is 18.2 Å². The summed E-state index contributed by atoms with van der Waals surface area (Å²) in [6, 6.07) is 6.32. The summed E-state index contributed by atoms with van der Waals surface area (Å²) in [5, 5.41) is 3.05. The van der Waals surface area contributed by atoms with Crippen LogP contribution in [0.2, 0.25) is 0 Å². The maximum absolute atomic E-state index is 13.0. The Morgan fingerprint density at radius 2 is 2.30 bits per heavy atom. The van der Waals surface area contributed by atoms with Crippen LogP contribution in [0.1, 0.15) is 37.3 Å². The number of rotatable bonds is 2. The minimum absolute atomic E-state index is 0.0480. The number of anilines is 1. The second-order valence-electron chi connectivity index (χ2n) is 7.00. The summed E-state index contributed by atoms with van der Waals surface area (Å²) in [4.78, 5) is 26.7. The molecule has 1 amide bonds. The van der Waals surface area contributed by atoms with Gasteiger partial charge in [-0.15, -0.1) is 0 Å². The molecular weight excluding hydrogens is 292 g/mol. The van der Waals surface area contributed by atoms with E-state index in [9.17, 15) is 9.59 Å². The predicted molar refractivity (Wildman–Crippen MR) is 85.1 cm³/mol. The summed E-state index contributed by atoms with van der Waals surface area (Å²) in [6.45, 7) is 5.22. The molecule has 5 nitrogen and oxygen atoms in total. The molecule has 2 fully saturated rings. The Morgan fingerprint density at radius 1 is 1.48 bits per heavy atom. The lowest BCUT2D eigenvalue weighted by molar-refractivity contribution is -0.947. The number of fused-ring (bicyclic) bond motifs is 4. The number of ether oxygens (including phenoxy) is 1. The van der Waals surface area contributed by atoms with Crippen molar-refractivity contribution in [3.8, 4) is 0 Å². The lowest BCUT2D eigenvalue weighted by atomic mass is 9.84. The molecule has 2 N–H and O–H groups in total. The smallest absolute Gasteiger partial charge is 0.315 e. The minimum Gasteiger partial charge on any atom is -0.466 e. The van der Waals surface area contributed by atoms with Gasteiger partial charge in [0, 0.05) is 24.8 Å². The maximum Gasteiger partial charge on any atom is 0.315 e. The lowest BCUT2D eigenvalue weighted by Crippen LogP contribution is -3.19. The van der Waals surface area contributed by atoms with Gasteiger partial charge in [0.25, 0.3) is 5.91 Å². The molecule has 0 bridgehead atoms. The minimum atomic E-state index is -0.611. The first-order valence-corrected chi connectivity index (χ1v) is 8.53. The van der Waals surface area contributed by atoms with E-state index in [-0.39, 0.29) is 23.8 Å². The van der Waals surface area contributed by atoms with Crippen molar-refractivity contribution >= 4 is 17.6 Å². The summed E-state index contributed by atoms with van der Waals surface area (Å²) in [5.41, 5.74) is 2.51. The zero-order chi connectivity index (χ0) is 16.2. The molecule has 4 atom stereocenters. The maximum atomic E-state index is 13.0. The highest BCUT2D eigenvalue weighted by Crippen LogP contribution is 2.44. The van der Waals surface area contributed by atoms with E-state index in [1.54, 1.807) is 0 Å². The van der Waals surface area contributed by atoms with E-state index in [0.29, 0.717) is 13.0 Å². The molecule has 3 aliphatic rings. The molecule has 3 aliphatic heterocycles. The Balaban J connectivity index is 1.81. The van der Waals surface area contributed by atoms with Crippen molar-refractivity contribution in [2.45, 2.75) is 44.7 Å². The number of esters is 1. The lowest BCUT2D eigenvalue weighted by Gasteiger charge is -2.29. The molecule has 3 heterocycles. The standard InChI is InChI=1S/C18H22N2O3/c1-3-23-16(21)12-10-18(20-8-4-5-15(12)20)13-9-11(2)6-7-14(13)19-17(18)22/h6-7,9,12,15H,3-5,8,10H2,1-2H3,(H,19,22)/p+1/t12-,15-,18+/m0/s1. The Kier molecular flexibility index (Phi) is 3.23. The summed E-state index contributed by atoms with van der Waals surface area (Å²) in [6.07, 6.45) is 2.62. The van der Waals surface area contributed by atoms with Crippen LogP contribution in [0.5, 0.6) is 0 Å². The van der Waals surface area contributed by atoms with E-state index in [2.05, 4.69) is 11.4 Å². The number of hydrogen-bond donors (Lipinski definition) is 2.